The Hall–Kier alpha value is -1.01. The second kappa shape index (κ2) is 6.24. The average Bonchev–Trinajstić information content (AvgIpc) is 2.39. The molecule has 1 aromatic rings. The first-order valence-electron chi connectivity index (χ1n) is 6.29. The van der Waals surface area contributed by atoms with Crippen molar-refractivity contribution in [1.82, 2.24) is 9.97 Å². The smallest absolute Gasteiger partial charge is 0.219 e. The van der Waals surface area contributed by atoms with Crippen LogP contribution in [0.1, 0.15) is 19.8 Å². The van der Waals surface area contributed by atoms with Gasteiger partial charge < -0.3 is 15.4 Å². The Morgan fingerprint density at radius 2 is 2.39 bits per heavy atom. The van der Waals surface area contributed by atoms with E-state index in [9.17, 15) is 0 Å². The van der Waals surface area contributed by atoms with Crippen molar-refractivity contribution in [2.75, 3.05) is 30.9 Å². The Kier molecular flexibility index (Phi) is 4.66. The molecule has 0 amide bonds. The molecule has 1 atom stereocenters. The number of rotatable bonds is 4. The van der Waals surface area contributed by atoms with Crippen molar-refractivity contribution in [1.29, 1.82) is 0 Å². The molecule has 2 N–H and O–H groups in total. The van der Waals surface area contributed by atoms with Gasteiger partial charge >= 0.3 is 0 Å². The number of ether oxygens (including phenoxy) is 1. The minimum atomic E-state index is 0.238. The van der Waals surface area contributed by atoms with Crippen LogP contribution in [0.5, 0.6) is 5.88 Å². The van der Waals surface area contributed by atoms with Gasteiger partial charge in [0.05, 0.1) is 6.61 Å². The van der Waals surface area contributed by atoms with Gasteiger partial charge in [0.15, 0.2) is 5.16 Å². The van der Waals surface area contributed by atoms with Crippen molar-refractivity contribution in [3.63, 3.8) is 0 Å². The van der Waals surface area contributed by atoms with Crippen molar-refractivity contribution in [3.05, 3.63) is 6.07 Å². The molecule has 5 nitrogen and oxygen atoms in total. The zero-order valence-corrected chi connectivity index (χ0v) is 11.7. The lowest BCUT2D eigenvalue weighted by atomic mass is 10.1. The van der Waals surface area contributed by atoms with E-state index in [1.54, 1.807) is 0 Å². The summed E-state index contributed by atoms with van der Waals surface area (Å²) in [7, 11) is 0. The number of thioether (sulfide) groups is 1. The minimum Gasteiger partial charge on any atom is -0.478 e. The van der Waals surface area contributed by atoms with Crippen molar-refractivity contribution >= 4 is 17.6 Å². The minimum absolute atomic E-state index is 0.238. The topological polar surface area (TPSA) is 64.3 Å². The summed E-state index contributed by atoms with van der Waals surface area (Å²) < 4.78 is 5.48. The third kappa shape index (κ3) is 3.26. The number of piperidine rings is 1. The lowest BCUT2D eigenvalue weighted by Gasteiger charge is -2.31. The third-order valence-electron chi connectivity index (χ3n) is 2.93. The molecule has 1 saturated heterocycles. The molecular weight excluding hydrogens is 248 g/mol. The van der Waals surface area contributed by atoms with Crippen molar-refractivity contribution < 1.29 is 4.74 Å². The Balaban J connectivity index is 2.22. The van der Waals surface area contributed by atoms with Crippen LogP contribution in [0.4, 0.5) is 5.82 Å². The van der Waals surface area contributed by atoms with Gasteiger partial charge in [-0.05, 0) is 26.0 Å². The molecule has 1 unspecified atom stereocenters. The van der Waals surface area contributed by atoms with Gasteiger partial charge in [-0.3, -0.25) is 0 Å². The SMILES string of the molecule is CCOc1cc(N2CCCC(N)C2)nc(SC)n1. The normalized spacial score (nSPS) is 19.9. The number of nitrogens with two attached hydrogens (primary N) is 1. The van der Waals surface area contributed by atoms with E-state index in [2.05, 4.69) is 14.9 Å². The molecule has 1 aromatic heterocycles. The lowest BCUT2D eigenvalue weighted by Crippen LogP contribution is -2.43. The predicted octanol–water partition coefficient (Wildman–Crippen LogP) is 1.52. The summed E-state index contributed by atoms with van der Waals surface area (Å²) in [6.07, 6.45) is 4.18. The highest BCUT2D eigenvalue weighted by atomic mass is 32.2. The predicted molar refractivity (Wildman–Crippen MR) is 74.4 cm³/mol. The highest BCUT2D eigenvalue weighted by molar-refractivity contribution is 7.98. The maximum absolute atomic E-state index is 6.01. The van der Waals surface area contributed by atoms with Crippen LogP contribution in [0.25, 0.3) is 0 Å². The van der Waals surface area contributed by atoms with E-state index in [0.717, 1.165) is 36.9 Å². The summed E-state index contributed by atoms with van der Waals surface area (Å²) in [6.45, 7) is 4.43. The van der Waals surface area contributed by atoms with Crippen LogP contribution in [0.15, 0.2) is 11.2 Å². The number of hydrogen-bond acceptors (Lipinski definition) is 6. The molecule has 2 heterocycles. The molecule has 0 aromatic carbocycles. The first-order valence-corrected chi connectivity index (χ1v) is 7.51. The summed E-state index contributed by atoms with van der Waals surface area (Å²) in [5.74, 6) is 1.57. The summed E-state index contributed by atoms with van der Waals surface area (Å²) in [5.41, 5.74) is 6.01. The van der Waals surface area contributed by atoms with E-state index in [4.69, 9.17) is 10.5 Å². The van der Waals surface area contributed by atoms with Crippen LogP contribution >= 0.6 is 11.8 Å². The van der Waals surface area contributed by atoms with E-state index in [1.165, 1.54) is 11.8 Å². The van der Waals surface area contributed by atoms with E-state index in [1.807, 2.05) is 19.2 Å². The maximum atomic E-state index is 6.01. The van der Waals surface area contributed by atoms with Gasteiger partial charge in [0.1, 0.15) is 5.82 Å². The van der Waals surface area contributed by atoms with Gasteiger partial charge in [0, 0.05) is 25.2 Å². The zero-order chi connectivity index (χ0) is 13.0. The average molecular weight is 268 g/mol. The highest BCUT2D eigenvalue weighted by Gasteiger charge is 2.19. The van der Waals surface area contributed by atoms with Crippen molar-refractivity contribution in [2.24, 2.45) is 5.73 Å². The number of aromatic nitrogens is 2. The van der Waals surface area contributed by atoms with Gasteiger partial charge in [-0.1, -0.05) is 11.8 Å². The quantitative estimate of drug-likeness (QED) is 0.660. The van der Waals surface area contributed by atoms with Crippen LogP contribution < -0.4 is 15.4 Å². The fraction of sp³-hybridized carbons (Fsp3) is 0.667. The Bertz CT molecular complexity index is 402. The summed E-state index contributed by atoms with van der Waals surface area (Å²) >= 11 is 1.53. The van der Waals surface area contributed by atoms with Crippen molar-refractivity contribution in [3.8, 4) is 5.88 Å². The van der Waals surface area contributed by atoms with Crippen molar-refractivity contribution in [2.45, 2.75) is 31.0 Å². The van der Waals surface area contributed by atoms with E-state index >= 15 is 0 Å². The van der Waals surface area contributed by atoms with Crippen LogP contribution in [0, 0.1) is 0 Å². The molecule has 18 heavy (non-hydrogen) atoms. The fourth-order valence-corrected chi connectivity index (χ4v) is 2.45. The Morgan fingerprint density at radius 3 is 3.06 bits per heavy atom. The summed E-state index contributed by atoms with van der Waals surface area (Å²) in [4.78, 5) is 11.1. The molecule has 2 rings (SSSR count). The molecule has 1 aliphatic heterocycles. The molecular formula is C12H20N4OS. The summed E-state index contributed by atoms with van der Waals surface area (Å²) in [6, 6.07) is 2.14. The second-order valence-corrected chi connectivity index (χ2v) is 5.11. The van der Waals surface area contributed by atoms with E-state index in [0.29, 0.717) is 12.5 Å². The second-order valence-electron chi connectivity index (χ2n) is 4.33. The monoisotopic (exact) mass is 268 g/mol. The first kappa shape index (κ1) is 13.4. The number of nitrogens with zero attached hydrogens (tertiary/aromatic N) is 3. The number of anilines is 1. The van der Waals surface area contributed by atoms with Gasteiger partial charge in [0.25, 0.3) is 0 Å². The molecule has 0 aliphatic carbocycles. The highest BCUT2D eigenvalue weighted by Crippen LogP contribution is 2.24. The Labute approximate surface area is 112 Å². The maximum Gasteiger partial charge on any atom is 0.219 e. The molecule has 100 valence electrons. The molecule has 0 saturated carbocycles. The van der Waals surface area contributed by atoms with Gasteiger partial charge in [-0.25, -0.2) is 4.98 Å². The molecule has 0 spiro atoms. The number of hydrogen-bond donors (Lipinski definition) is 1. The third-order valence-corrected chi connectivity index (χ3v) is 3.47. The lowest BCUT2D eigenvalue weighted by molar-refractivity contribution is 0.323. The largest absolute Gasteiger partial charge is 0.478 e. The van der Waals surface area contributed by atoms with Crippen LogP contribution in [-0.4, -0.2) is 42.0 Å². The fourth-order valence-electron chi connectivity index (χ4n) is 2.09. The van der Waals surface area contributed by atoms with Crippen LogP contribution in [0.2, 0.25) is 0 Å². The van der Waals surface area contributed by atoms with Gasteiger partial charge in [-0.2, -0.15) is 4.98 Å². The molecule has 1 aliphatic rings. The van der Waals surface area contributed by atoms with Gasteiger partial charge in [-0.15, -0.1) is 0 Å². The first-order chi connectivity index (χ1) is 8.72. The molecule has 0 bridgehead atoms. The van der Waals surface area contributed by atoms with E-state index in [-0.39, 0.29) is 6.04 Å². The summed E-state index contributed by atoms with van der Waals surface area (Å²) in [5, 5.41) is 0.745. The zero-order valence-electron chi connectivity index (χ0n) is 10.9. The van der Waals surface area contributed by atoms with Gasteiger partial charge in [0.2, 0.25) is 5.88 Å². The molecule has 0 radical (unpaired) electrons. The van der Waals surface area contributed by atoms with E-state index < -0.39 is 0 Å². The standard InChI is InChI=1S/C12H20N4OS/c1-3-17-11-7-10(14-12(15-11)18-2)16-6-4-5-9(13)8-16/h7,9H,3-6,8,13H2,1-2H3. The molecule has 1 fully saturated rings. The van der Waals surface area contributed by atoms with Crippen LogP contribution in [-0.2, 0) is 0 Å². The van der Waals surface area contributed by atoms with Crippen LogP contribution in [0.3, 0.4) is 0 Å². The Morgan fingerprint density at radius 1 is 1.56 bits per heavy atom. The molecule has 6 heteroatoms.